The highest BCUT2D eigenvalue weighted by Gasteiger charge is 2.22. The molecular formula is C14H12O6S. The first-order valence-corrected chi connectivity index (χ1v) is 7.27. The summed E-state index contributed by atoms with van der Waals surface area (Å²) in [4.78, 5) is 11.8. The number of carbonyl (C=O) groups excluding carboxylic acids is 1. The first kappa shape index (κ1) is 15.0. The number of aromatic hydroxyl groups is 1. The number of carbonyl (C=O) groups is 1. The van der Waals surface area contributed by atoms with E-state index in [9.17, 15) is 18.3 Å². The number of ether oxygens (including phenoxy) is 1. The summed E-state index contributed by atoms with van der Waals surface area (Å²) in [5.74, 6) is -0.708. The Balaban J connectivity index is 2.56. The molecule has 0 aliphatic carbocycles. The van der Waals surface area contributed by atoms with Gasteiger partial charge in [0.2, 0.25) is 0 Å². The van der Waals surface area contributed by atoms with Crippen LogP contribution in [0.25, 0.3) is 0 Å². The quantitative estimate of drug-likeness (QED) is 0.660. The average molecular weight is 308 g/mol. The number of benzene rings is 2. The molecule has 0 aromatic heterocycles. The van der Waals surface area contributed by atoms with E-state index in [2.05, 4.69) is 0 Å². The fourth-order valence-corrected chi connectivity index (χ4v) is 2.54. The van der Waals surface area contributed by atoms with Crippen molar-refractivity contribution < 1.29 is 27.6 Å². The van der Waals surface area contributed by atoms with E-state index in [1.54, 1.807) is 0 Å². The van der Waals surface area contributed by atoms with Gasteiger partial charge < -0.3 is 9.84 Å². The number of phenolic OH excluding ortho intramolecular Hbond substituents is 1. The van der Waals surface area contributed by atoms with Crippen LogP contribution < -0.4 is 4.74 Å². The van der Waals surface area contributed by atoms with Gasteiger partial charge in [-0.05, 0) is 24.3 Å². The molecule has 0 aliphatic rings. The van der Waals surface area contributed by atoms with E-state index in [4.69, 9.17) is 9.29 Å². The van der Waals surface area contributed by atoms with Crippen LogP contribution in [0.2, 0.25) is 0 Å². The van der Waals surface area contributed by atoms with Crippen LogP contribution in [0.5, 0.6) is 11.5 Å². The van der Waals surface area contributed by atoms with E-state index in [-0.39, 0.29) is 16.9 Å². The second-order valence-corrected chi connectivity index (χ2v) is 5.57. The molecule has 0 spiro atoms. The van der Waals surface area contributed by atoms with Crippen molar-refractivity contribution in [2.45, 2.75) is 4.90 Å². The molecule has 0 saturated carbocycles. The second-order valence-electron chi connectivity index (χ2n) is 4.18. The Labute approximate surface area is 121 Å². The predicted octanol–water partition coefficient (Wildman–Crippen LogP) is 1.88. The van der Waals surface area contributed by atoms with Crippen molar-refractivity contribution in [3.63, 3.8) is 0 Å². The Morgan fingerprint density at radius 3 is 2.33 bits per heavy atom. The number of hydrogen-bond donors (Lipinski definition) is 2. The summed E-state index contributed by atoms with van der Waals surface area (Å²) < 4.78 is 36.7. The molecular weight excluding hydrogens is 296 g/mol. The van der Waals surface area contributed by atoms with E-state index < -0.39 is 20.8 Å². The van der Waals surface area contributed by atoms with Gasteiger partial charge in [-0.3, -0.25) is 9.35 Å². The molecule has 0 unspecified atom stereocenters. The van der Waals surface area contributed by atoms with E-state index in [0.29, 0.717) is 5.75 Å². The van der Waals surface area contributed by atoms with Crippen LogP contribution >= 0.6 is 0 Å². The summed E-state index contributed by atoms with van der Waals surface area (Å²) in [6.07, 6.45) is 0. The SMILES string of the molecule is COc1ccc(C(=O)c2ccccc2S(=O)(=O)O)c(O)c1. The fraction of sp³-hybridized carbons (Fsp3) is 0.0714. The molecule has 110 valence electrons. The third kappa shape index (κ3) is 3.04. The maximum absolute atomic E-state index is 12.4. The second kappa shape index (κ2) is 5.55. The Morgan fingerprint density at radius 2 is 1.76 bits per heavy atom. The lowest BCUT2D eigenvalue weighted by Gasteiger charge is -2.08. The molecule has 0 aliphatic heterocycles. The van der Waals surface area contributed by atoms with Gasteiger partial charge in [0.15, 0.2) is 5.78 Å². The van der Waals surface area contributed by atoms with Gasteiger partial charge in [-0.15, -0.1) is 0 Å². The minimum absolute atomic E-state index is 0.0908. The highest BCUT2D eigenvalue weighted by Crippen LogP contribution is 2.27. The molecule has 0 bridgehead atoms. The maximum atomic E-state index is 12.4. The van der Waals surface area contributed by atoms with Crippen molar-refractivity contribution in [1.29, 1.82) is 0 Å². The predicted molar refractivity (Wildman–Crippen MR) is 74.3 cm³/mol. The van der Waals surface area contributed by atoms with Crippen molar-refractivity contribution in [3.05, 3.63) is 53.6 Å². The zero-order chi connectivity index (χ0) is 15.6. The molecule has 2 N–H and O–H groups in total. The van der Waals surface area contributed by atoms with Gasteiger partial charge in [0.1, 0.15) is 16.4 Å². The maximum Gasteiger partial charge on any atom is 0.295 e. The van der Waals surface area contributed by atoms with E-state index in [1.807, 2.05) is 0 Å². The molecule has 7 heteroatoms. The van der Waals surface area contributed by atoms with Crippen molar-refractivity contribution in [3.8, 4) is 11.5 Å². The molecule has 0 saturated heterocycles. The van der Waals surface area contributed by atoms with Crippen LogP contribution in [0, 0.1) is 0 Å². The summed E-state index contributed by atoms with van der Waals surface area (Å²) in [6.45, 7) is 0. The summed E-state index contributed by atoms with van der Waals surface area (Å²) in [7, 11) is -3.13. The lowest BCUT2D eigenvalue weighted by Crippen LogP contribution is -2.09. The Hall–Kier alpha value is -2.38. The summed E-state index contributed by atoms with van der Waals surface area (Å²) in [6, 6.07) is 9.23. The van der Waals surface area contributed by atoms with Gasteiger partial charge in [0, 0.05) is 11.6 Å². The van der Waals surface area contributed by atoms with Gasteiger partial charge in [-0.25, -0.2) is 0 Å². The summed E-state index contributed by atoms with van der Waals surface area (Å²) in [5, 5.41) is 9.84. The van der Waals surface area contributed by atoms with Crippen LogP contribution in [0.1, 0.15) is 15.9 Å². The zero-order valence-corrected chi connectivity index (χ0v) is 11.8. The monoisotopic (exact) mass is 308 g/mol. The van der Waals surface area contributed by atoms with Crippen molar-refractivity contribution in [1.82, 2.24) is 0 Å². The number of rotatable bonds is 4. The third-order valence-corrected chi connectivity index (χ3v) is 3.77. The highest BCUT2D eigenvalue weighted by molar-refractivity contribution is 7.86. The average Bonchev–Trinajstić information content (AvgIpc) is 2.45. The Kier molecular flexibility index (Phi) is 3.97. The molecule has 0 atom stereocenters. The first-order chi connectivity index (χ1) is 9.84. The standard InChI is InChI=1S/C14H12O6S/c1-20-9-6-7-10(12(15)8-9)14(16)11-4-2-3-5-13(11)21(17,18)19/h2-8,15H,1H3,(H,17,18,19). The number of phenols is 1. The largest absolute Gasteiger partial charge is 0.507 e. The normalized spacial score (nSPS) is 11.1. The van der Waals surface area contributed by atoms with Crippen LogP contribution in [0.3, 0.4) is 0 Å². The summed E-state index contributed by atoms with van der Waals surface area (Å²) in [5.41, 5.74) is -0.313. The van der Waals surface area contributed by atoms with Gasteiger partial charge in [0.25, 0.3) is 10.1 Å². The van der Waals surface area contributed by atoms with E-state index in [1.165, 1.54) is 43.5 Å². The molecule has 2 aromatic rings. The van der Waals surface area contributed by atoms with E-state index in [0.717, 1.165) is 6.07 Å². The minimum atomic E-state index is -4.54. The summed E-state index contributed by atoms with van der Waals surface area (Å²) >= 11 is 0. The van der Waals surface area contributed by atoms with Gasteiger partial charge in [-0.1, -0.05) is 12.1 Å². The third-order valence-electron chi connectivity index (χ3n) is 2.86. The topological polar surface area (TPSA) is 101 Å². The Morgan fingerprint density at radius 1 is 1.10 bits per heavy atom. The first-order valence-electron chi connectivity index (χ1n) is 5.83. The minimum Gasteiger partial charge on any atom is -0.507 e. The van der Waals surface area contributed by atoms with Gasteiger partial charge in [-0.2, -0.15) is 8.42 Å². The van der Waals surface area contributed by atoms with Crippen molar-refractivity contribution in [2.24, 2.45) is 0 Å². The van der Waals surface area contributed by atoms with Crippen LogP contribution in [0.15, 0.2) is 47.4 Å². The molecule has 0 heterocycles. The molecule has 2 aromatic carbocycles. The zero-order valence-electron chi connectivity index (χ0n) is 11.0. The number of hydrogen-bond acceptors (Lipinski definition) is 5. The van der Waals surface area contributed by atoms with E-state index >= 15 is 0 Å². The van der Waals surface area contributed by atoms with Gasteiger partial charge >= 0.3 is 0 Å². The molecule has 6 nitrogen and oxygen atoms in total. The molecule has 2 rings (SSSR count). The van der Waals surface area contributed by atoms with Crippen molar-refractivity contribution >= 4 is 15.9 Å². The lowest BCUT2D eigenvalue weighted by atomic mass is 10.0. The van der Waals surface area contributed by atoms with Gasteiger partial charge in [0.05, 0.1) is 12.7 Å². The molecule has 0 amide bonds. The Bertz CT molecular complexity index is 795. The highest BCUT2D eigenvalue weighted by atomic mass is 32.2. The molecule has 0 radical (unpaired) electrons. The fourth-order valence-electron chi connectivity index (χ4n) is 1.85. The van der Waals surface area contributed by atoms with Crippen molar-refractivity contribution in [2.75, 3.05) is 7.11 Å². The van der Waals surface area contributed by atoms with Crippen LogP contribution in [-0.4, -0.2) is 31.0 Å². The smallest absolute Gasteiger partial charge is 0.295 e. The van der Waals surface area contributed by atoms with Crippen LogP contribution in [0.4, 0.5) is 0 Å². The number of methoxy groups -OCH3 is 1. The number of ketones is 1. The molecule has 21 heavy (non-hydrogen) atoms. The lowest BCUT2D eigenvalue weighted by molar-refractivity contribution is 0.103. The molecule has 0 fully saturated rings. The van der Waals surface area contributed by atoms with Crippen LogP contribution in [-0.2, 0) is 10.1 Å².